The van der Waals surface area contributed by atoms with Gasteiger partial charge in [-0.3, -0.25) is 9.48 Å². The summed E-state index contributed by atoms with van der Waals surface area (Å²) in [5.41, 5.74) is -0.318. The number of ether oxygens (including phenoxy) is 1. The molecule has 0 aliphatic carbocycles. The van der Waals surface area contributed by atoms with Gasteiger partial charge in [0, 0.05) is 25.9 Å². The minimum absolute atomic E-state index is 0.219. The molecule has 1 N–H and O–H groups in total. The maximum atomic E-state index is 12.1. The van der Waals surface area contributed by atoms with Gasteiger partial charge in [0.15, 0.2) is 17.5 Å². The van der Waals surface area contributed by atoms with E-state index in [2.05, 4.69) is 20.2 Å². The predicted octanol–water partition coefficient (Wildman–Crippen LogP) is 1.38. The predicted molar refractivity (Wildman–Crippen MR) is 86.7 cm³/mol. The lowest BCUT2D eigenvalue weighted by Gasteiger charge is -2.22. The van der Waals surface area contributed by atoms with Crippen molar-refractivity contribution in [2.75, 3.05) is 6.61 Å². The Bertz CT molecular complexity index is 932. The summed E-state index contributed by atoms with van der Waals surface area (Å²) in [5, 5.41) is 8.78. The Morgan fingerprint density at radius 1 is 1.38 bits per heavy atom. The number of H-pyrrole nitrogens is 1. The SMILES string of the molecule is Cn1nccc1-n1nc(-c2ccc[nH]c2=O)nc1C1(C)CCCO1. The van der Waals surface area contributed by atoms with Crippen molar-refractivity contribution in [3.8, 4) is 17.2 Å². The molecule has 8 heteroatoms. The first kappa shape index (κ1) is 14.8. The molecular weight excluding hydrogens is 308 g/mol. The van der Waals surface area contributed by atoms with E-state index in [1.165, 1.54) is 0 Å². The van der Waals surface area contributed by atoms with Crippen molar-refractivity contribution in [2.24, 2.45) is 7.05 Å². The van der Waals surface area contributed by atoms with Crippen molar-refractivity contribution in [3.05, 3.63) is 46.8 Å². The van der Waals surface area contributed by atoms with Crippen molar-refractivity contribution in [1.29, 1.82) is 0 Å². The van der Waals surface area contributed by atoms with Crippen LogP contribution < -0.4 is 5.56 Å². The second-order valence-corrected chi connectivity index (χ2v) is 6.08. The smallest absolute Gasteiger partial charge is 0.259 e. The third-order valence-electron chi connectivity index (χ3n) is 4.37. The Hall–Kier alpha value is -2.74. The summed E-state index contributed by atoms with van der Waals surface area (Å²) in [4.78, 5) is 19.4. The topological polar surface area (TPSA) is 90.6 Å². The van der Waals surface area contributed by atoms with Crippen LogP contribution in [-0.4, -0.2) is 36.1 Å². The van der Waals surface area contributed by atoms with E-state index in [4.69, 9.17) is 4.74 Å². The Morgan fingerprint density at radius 3 is 2.92 bits per heavy atom. The van der Waals surface area contributed by atoms with E-state index in [0.29, 0.717) is 23.8 Å². The monoisotopic (exact) mass is 326 g/mol. The van der Waals surface area contributed by atoms with Crippen molar-refractivity contribution in [2.45, 2.75) is 25.4 Å². The second-order valence-electron chi connectivity index (χ2n) is 6.08. The van der Waals surface area contributed by atoms with E-state index >= 15 is 0 Å². The molecule has 124 valence electrons. The number of hydrogen-bond acceptors (Lipinski definition) is 5. The number of rotatable bonds is 3. The van der Waals surface area contributed by atoms with Crippen LogP contribution in [-0.2, 0) is 17.4 Å². The molecule has 4 heterocycles. The number of aromatic nitrogens is 6. The fraction of sp³-hybridized carbons (Fsp3) is 0.375. The second kappa shape index (κ2) is 5.41. The van der Waals surface area contributed by atoms with Crippen LogP contribution in [0.5, 0.6) is 0 Å². The third-order valence-corrected chi connectivity index (χ3v) is 4.37. The molecule has 1 saturated heterocycles. The van der Waals surface area contributed by atoms with Gasteiger partial charge in [0.2, 0.25) is 0 Å². The number of nitrogens with one attached hydrogen (secondary N) is 1. The molecule has 1 atom stereocenters. The highest BCUT2D eigenvalue weighted by atomic mass is 16.5. The fourth-order valence-electron chi connectivity index (χ4n) is 3.06. The molecule has 0 bridgehead atoms. The zero-order chi connectivity index (χ0) is 16.7. The molecule has 0 aromatic carbocycles. The molecule has 4 rings (SSSR count). The summed E-state index contributed by atoms with van der Waals surface area (Å²) >= 11 is 0. The number of aromatic amines is 1. The Morgan fingerprint density at radius 2 is 2.25 bits per heavy atom. The van der Waals surface area contributed by atoms with Gasteiger partial charge in [-0.2, -0.15) is 9.78 Å². The van der Waals surface area contributed by atoms with Crippen LogP contribution in [0.25, 0.3) is 17.2 Å². The van der Waals surface area contributed by atoms with Crippen LogP contribution in [0.1, 0.15) is 25.6 Å². The lowest BCUT2D eigenvalue weighted by molar-refractivity contribution is 0.00751. The van der Waals surface area contributed by atoms with E-state index < -0.39 is 5.60 Å². The van der Waals surface area contributed by atoms with E-state index in [1.807, 2.05) is 20.0 Å². The average molecular weight is 326 g/mol. The van der Waals surface area contributed by atoms with E-state index in [-0.39, 0.29) is 5.56 Å². The average Bonchev–Trinajstić information content (AvgIpc) is 3.27. The zero-order valence-corrected chi connectivity index (χ0v) is 13.6. The zero-order valence-electron chi connectivity index (χ0n) is 13.6. The number of aryl methyl sites for hydroxylation is 1. The molecule has 3 aromatic heterocycles. The molecule has 0 amide bonds. The van der Waals surface area contributed by atoms with Crippen molar-refractivity contribution in [3.63, 3.8) is 0 Å². The standard InChI is InChI=1S/C16H18N6O2/c1-16(7-4-10-24-16)15-19-13(11-5-3-8-17-14(11)23)20-22(15)12-6-9-18-21(12)2/h3,5-6,8-9H,4,7,10H2,1-2H3,(H,17,23). The van der Waals surface area contributed by atoms with E-state index in [9.17, 15) is 4.79 Å². The van der Waals surface area contributed by atoms with Crippen molar-refractivity contribution < 1.29 is 4.74 Å². The largest absolute Gasteiger partial charge is 0.367 e. The van der Waals surface area contributed by atoms with Crippen LogP contribution in [0.3, 0.4) is 0 Å². The highest BCUT2D eigenvalue weighted by Crippen LogP contribution is 2.36. The summed E-state index contributed by atoms with van der Waals surface area (Å²) in [6.07, 6.45) is 5.12. The highest BCUT2D eigenvalue weighted by molar-refractivity contribution is 5.53. The fourth-order valence-corrected chi connectivity index (χ4v) is 3.06. The van der Waals surface area contributed by atoms with Gasteiger partial charge in [-0.25, -0.2) is 4.98 Å². The third kappa shape index (κ3) is 2.26. The quantitative estimate of drug-likeness (QED) is 0.785. The molecule has 0 radical (unpaired) electrons. The van der Waals surface area contributed by atoms with Crippen LogP contribution in [0, 0.1) is 0 Å². The Labute approximate surface area is 138 Å². The van der Waals surface area contributed by atoms with Crippen LogP contribution in [0.2, 0.25) is 0 Å². The van der Waals surface area contributed by atoms with Gasteiger partial charge in [0.1, 0.15) is 5.60 Å². The molecule has 8 nitrogen and oxygen atoms in total. The molecule has 0 spiro atoms. The van der Waals surface area contributed by atoms with E-state index in [1.54, 1.807) is 33.9 Å². The van der Waals surface area contributed by atoms with Gasteiger partial charge < -0.3 is 9.72 Å². The summed E-state index contributed by atoms with van der Waals surface area (Å²) in [7, 11) is 1.84. The van der Waals surface area contributed by atoms with Gasteiger partial charge in [0.25, 0.3) is 5.56 Å². The summed E-state index contributed by atoms with van der Waals surface area (Å²) < 4.78 is 9.39. The number of hydrogen-bond donors (Lipinski definition) is 1. The number of pyridine rings is 1. The molecule has 1 fully saturated rings. The van der Waals surface area contributed by atoms with Crippen LogP contribution in [0.4, 0.5) is 0 Å². The lowest BCUT2D eigenvalue weighted by Crippen LogP contribution is -2.26. The highest BCUT2D eigenvalue weighted by Gasteiger charge is 2.38. The maximum Gasteiger partial charge on any atom is 0.259 e. The van der Waals surface area contributed by atoms with E-state index in [0.717, 1.165) is 18.7 Å². The molecule has 0 saturated carbocycles. The van der Waals surface area contributed by atoms with Crippen LogP contribution >= 0.6 is 0 Å². The molecular formula is C16H18N6O2. The normalized spacial score (nSPS) is 20.6. The van der Waals surface area contributed by atoms with Gasteiger partial charge in [-0.05, 0) is 31.9 Å². The molecule has 24 heavy (non-hydrogen) atoms. The lowest BCUT2D eigenvalue weighted by atomic mass is 10.0. The summed E-state index contributed by atoms with van der Waals surface area (Å²) in [6.45, 7) is 2.70. The number of nitrogens with zero attached hydrogens (tertiary/aromatic N) is 5. The molecule has 1 unspecified atom stereocenters. The Balaban J connectivity index is 1.93. The van der Waals surface area contributed by atoms with Crippen molar-refractivity contribution >= 4 is 0 Å². The first-order valence-corrected chi connectivity index (χ1v) is 7.86. The molecule has 1 aliphatic heterocycles. The Kier molecular flexibility index (Phi) is 3.34. The first-order valence-electron chi connectivity index (χ1n) is 7.86. The summed E-state index contributed by atoms with van der Waals surface area (Å²) in [5.74, 6) is 1.83. The first-order chi connectivity index (χ1) is 11.6. The van der Waals surface area contributed by atoms with Gasteiger partial charge in [-0.1, -0.05) is 0 Å². The molecule has 3 aromatic rings. The maximum absolute atomic E-state index is 12.1. The summed E-state index contributed by atoms with van der Waals surface area (Å²) in [6, 6.07) is 5.33. The van der Waals surface area contributed by atoms with Gasteiger partial charge in [-0.15, -0.1) is 5.10 Å². The van der Waals surface area contributed by atoms with Crippen LogP contribution in [0.15, 0.2) is 35.4 Å². The van der Waals surface area contributed by atoms with Gasteiger partial charge >= 0.3 is 0 Å². The van der Waals surface area contributed by atoms with Crippen molar-refractivity contribution in [1.82, 2.24) is 29.5 Å². The van der Waals surface area contributed by atoms with Gasteiger partial charge in [0.05, 0.1) is 11.8 Å². The minimum Gasteiger partial charge on any atom is -0.367 e. The minimum atomic E-state index is -0.531. The molecule has 1 aliphatic rings.